The Morgan fingerprint density at radius 3 is 2.93 bits per heavy atom. The van der Waals surface area contributed by atoms with Gasteiger partial charge in [-0.25, -0.2) is 4.98 Å². The summed E-state index contributed by atoms with van der Waals surface area (Å²) in [6.45, 7) is 2.91. The molecule has 0 amide bonds. The molecule has 0 radical (unpaired) electrons. The Labute approximate surface area is 93.3 Å². The van der Waals surface area contributed by atoms with Crippen molar-refractivity contribution in [2.75, 3.05) is 0 Å². The van der Waals surface area contributed by atoms with Crippen LogP contribution in [0.4, 0.5) is 0 Å². The molecule has 1 aromatic heterocycles. The van der Waals surface area contributed by atoms with Crippen molar-refractivity contribution in [2.45, 2.75) is 26.5 Å². The van der Waals surface area contributed by atoms with Gasteiger partial charge in [-0.3, -0.25) is 0 Å². The molecule has 0 fully saturated rings. The van der Waals surface area contributed by atoms with Crippen LogP contribution in [0.25, 0.3) is 11.0 Å². The zero-order valence-corrected chi connectivity index (χ0v) is 9.33. The number of aromatic nitrogens is 2. The highest BCUT2D eigenvalue weighted by atomic mass is 35.5. The number of hydrogen-bond donors (Lipinski definition) is 1. The van der Waals surface area contributed by atoms with Crippen LogP contribution < -0.4 is 0 Å². The predicted molar refractivity (Wildman–Crippen MR) is 61.0 cm³/mol. The van der Waals surface area contributed by atoms with Crippen molar-refractivity contribution in [2.24, 2.45) is 0 Å². The third kappa shape index (κ3) is 1.85. The van der Waals surface area contributed by atoms with Gasteiger partial charge in [-0.15, -0.1) is 0 Å². The number of aryl methyl sites for hydroxylation is 1. The van der Waals surface area contributed by atoms with Gasteiger partial charge in [0.2, 0.25) is 0 Å². The van der Waals surface area contributed by atoms with Crippen LogP contribution in [0.1, 0.15) is 19.2 Å². The average molecular weight is 225 g/mol. The van der Waals surface area contributed by atoms with Gasteiger partial charge >= 0.3 is 0 Å². The summed E-state index contributed by atoms with van der Waals surface area (Å²) < 4.78 is 2.02. The summed E-state index contributed by atoms with van der Waals surface area (Å²) in [4.78, 5) is 4.35. The standard InChI is InChI=1S/C11H13ClN2O/c1-2-5-14-10-6-8(12)3-4-9(10)13-11(14)7-15/h3-4,6,15H,2,5,7H2,1H3. The van der Waals surface area contributed by atoms with Gasteiger partial charge in [-0.05, 0) is 24.6 Å². The van der Waals surface area contributed by atoms with E-state index < -0.39 is 0 Å². The Morgan fingerprint density at radius 1 is 1.47 bits per heavy atom. The molecule has 0 atom stereocenters. The molecular formula is C11H13ClN2O. The van der Waals surface area contributed by atoms with Crippen molar-refractivity contribution in [3.8, 4) is 0 Å². The molecule has 15 heavy (non-hydrogen) atoms. The van der Waals surface area contributed by atoms with Gasteiger partial charge < -0.3 is 9.67 Å². The van der Waals surface area contributed by atoms with Gasteiger partial charge in [-0.1, -0.05) is 18.5 Å². The van der Waals surface area contributed by atoms with Crippen molar-refractivity contribution >= 4 is 22.6 Å². The van der Waals surface area contributed by atoms with E-state index in [9.17, 15) is 5.11 Å². The summed E-state index contributed by atoms with van der Waals surface area (Å²) in [5.74, 6) is 0.703. The van der Waals surface area contributed by atoms with Crippen molar-refractivity contribution in [1.29, 1.82) is 0 Å². The molecule has 0 unspecified atom stereocenters. The number of aliphatic hydroxyl groups is 1. The summed E-state index contributed by atoms with van der Waals surface area (Å²) in [5, 5.41) is 9.90. The van der Waals surface area contributed by atoms with Gasteiger partial charge in [0.15, 0.2) is 0 Å². The molecule has 1 aromatic carbocycles. The van der Waals surface area contributed by atoms with Crippen LogP contribution in [0.3, 0.4) is 0 Å². The Bertz CT molecular complexity index is 479. The molecule has 0 aliphatic carbocycles. The minimum absolute atomic E-state index is 0.0354. The summed E-state index contributed by atoms with van der Waals surface area (Å²) >= 11 is 5.94. The second-order valence-electron chi connectivity index (χ2n) is 3.47. The highest BCUT2D eigenvalue weighted by Gasteiger charge is 2.09. The van der Waals surface area contributed by atoms with Gasteiger partial charge in [0, 0.05) is 11.6 Å². The molecule has 1 N–H and O–H groups in total. The summed E-state index contributed by atoms with van der Waals surface area (Å²) in [5.41, 5.74) is 1.88. The Hall–Kier alpha value is -1.06. The maximum Gasteiger partial charge on any atom is 0.135 e. The fourth-order valence-electron chi connectivity index (χ4n) is 1.74. The van der Waals surface area contributed by atoms with E-state index in [1.54, 1.807) is 0 Å². The largest absolute Gasteiger partial charge is 0.388 e. The zero-order chi connectivity index (χ0) is 10.8. The van der Waals surface area contributed by atoms with Gasteiger partial charge in [0.05, 0.1) is 11.0 Å². The number of rotatable bonds is 3. The van der Waals surface area contributed by atoms with Crippen LogP contribution >= 0.6 is 11.6 Å². The molecule has 0 saturated carbocycles. The second kappa shape index (κ2) is 4.21. The van der Waals surface area contributed by atoms with Crippen molar-refractivity contribution in [3.05, 3.63) is 29.0 Å². The molecule has 2 aromatic rings. The quantitative estimate of drug-likeness (QED) is 0.870. The first-order chi connectivity index (χ1) is 7.26. The summed E-state index contributed by atoms with van der Waals surface area (Å²) in [7, 11) is 0. The SMILES string of the molecule is CCCn1c(CO)nc2ccc(Cl)cc21. The molecule has 0 saturated heterocycles. The van der Waals surface area contributed by atoms with Crippen LogP contribution in [-0.2, 0) is 13.2 Å². The minimum atomic E-state index is -0.0354. The van der Waals surface area contributed by atoms with Crippen molar-refractivity contribution in [1.82, 2.24) is 9.55 Å². The lowest BCUT2D eigenvalue weighted by atomic mass is 10.3. The highest BCUT2D eigenvalue weighted by Crippen LogP contribution is 2.21. The first-order valence-electron chi connectivity index (χ1n) is 5.01. The van der Waals surface area contributed by atoms with E-state index in [1.807, 2.05) is 22.8 Å². The smallest absolute Gasteiger partial charge is 0.135 e. The molecule has 80 valence electrons. The maximum atomic E-state index is 9.20. The second-order valence-corrected chi connectivity index (χ2v) is 3.91. The Kier molecular flexibility index (Phi) is 2.93. The van der Waals surface area contributed by atoms with E-state index in [1.165, 1.54) is 0 Å². The lowest BCUT2D eigenvalue weighted by molar-refractivity contribution is 0.265. The normalized spacial score (nSPS) is 11.1. The predicted octanol–water partition coefficient (Wildman–Crippen LogP) is 2.59. The van der Waals surface area contributed by atoms with Gasteiger partial charge in [0.25, 0.3) is 0 Å². The number of aliphatic hydroxyl groups excluding tert-OH is 1. The molecule has 3 nitrogen and oxygen atoms in total. The fraction of sp³-hybridized carbons (Fsp3) is 0.364. The topological polar surface area (TPSA) is 38.0 Å². The Morgan fingerprint density at radius 2 is 2.27 bits per heavy atom. The monoisotopic (exact) mass is 224 g/mol. The fourth-order valence-corrected chi connectivity index (χ4v) is 1.91. The Balaban J connectivity index is 2.65. The number of hydrogen-bond acceptors (Lipinski definition) is 2. The third-order valence-corrected chi connectivity index (χ3v) is 2.61. The number of halogens is 1. The lowest BCUT2D eigenvalue weighted by Crippen LogP contribution is -2.02. The lowest BCUT2D eigenvalue weighted by Gasteiger charge is -2.05. The molecule has 0 aliphatic heterocycles. The minimum Gasteiger partial charge on any atom is -0.388 e. The number of nitrogens with zero attached hydrogens (tertiary/aromatic N) is 2. The van der Waals surface area contributed by atoms with Gasteiger partial charge in [-0.2, -0.15) is 0 Å². The van der Waals surface area contributed by atoms with Crippen molar-refractivity contribution in [3.63, 3.8) is 0 Å². The van der Waals surface area contributed by atoms with E-state index in [4.69, 9.17) is 11.6 Å². The third-order valence-electron chi connectivity index (χ3n) is 2.38. The van der Waals surface area contributed by atoms with E-state index in [0.717, 1.165) is 24.0 Å². The first-order valence-corrected chi connectivity index (χ1v) is 5.39. The summed E-state index contributed by atoms with van der Waals surface area (Å²) in [6.07, 6.45) is 1.00. The maximum absolute atomic E-state index is 9.20. The molecular weight excluding hydrogens is 212 g/mol. The van der Waals surface area contributed by atoms with Crippen molar-refractivity contribution < 1.29 is 5.11 Å². The zero-order valence-electron chi connectivity index (χ0n) is 8.57. The molecule has 2 rings (SSSR count). The van der Waals surface area contributed by atoms with Gasteiger partial charge in [0.1, 0.15) is 12.4 Å². The van der Waals surface area contributed by atoms with E-state index >= 15 is 0 Å². The van der Waals surface area contributed by atoms with Crippen LogP contribution in [0.2, 0.25) is 5.02 Å². The van der Waals surface area contributed by atoms with Crippen LogP contribution in [0.5, 0.6) is 0 Å². The van der Waals surface area contributed by atoms with E-state index in [-0.39, 0.29) is 6.61 Å². The molecule has 1 heterocycles. The number of fused-ring (bicyclic) bond motifs is 1. The van der Waals surface area contributed by atoms with Crippen LogP contribution in [0.15, 0.2) is 18.2 Å². The van der Waals surface area contributed by atoms with Crippen LogP contribution in [0, 0.1) is 0 Å². The highest BCUT2D eigenvalue weighted by molar-refractivity contribution is 6.31. The average Bonchev–Trinajstić information content (AvgIpc) is 2.57. The number of imidazole rings is 1. The van der Waals surface area contributed by atoms with Crippen LogP contribution in [-0.4, -0.2) is 14.7 Å². The first kappa shape index (κ1) is 10.5. The van der Waals surface area contributed by atoms with E-state index in [0.29, 0.717) is 10.8 Å². The molecule has 0 spiro atoms. The summed E-state index contributed by atoms with van der Waals surface area (Å²) in [6, 6.07) is 5.58. The number of benzene rings is 1. The molecule has 4 heteroatoms. The van der Waals surface area contributed by atoms with E-state index in [2.05, 4.69) is 11.9 Å². The molecule has 0 bridgehead atoms. The molecule has 0 aliphatic rings.